The molecule has 1 aromatic carbocycles. The Morgan fingerprint density at radius 1 is 1.23 bits per heavy atom. The molecule has 5 nitrogen and oxygen atoms in total. The standard InChI is InChI=1S/C21H27N3O2/c1-15-6-4-9-17(14-15)20-22-21(26-23-20)18-10-5-13-24(18)19(25)12-11-16-7-2-3-8-16/h4,6,9,14,16,18H,2-3,5,7-8,10-13H2,1H3. The molecule has 1 aromatic heterocycles. The van der Waals surface area contributed by atoms with Crippen molar-refractivity contribution in [2.45, 2.75) is 64.3 Å². The third-order valence-electron chi connectivity index (χ3n) is 5.82. The summed E-state index contributed by atoms with van der Waals surface area (Å²) in [5, 5.41) is 4.15. The van der Waals surface area contributed by atoms with E-state index in [0.29, 0.717) is 18.1 Å². The minimum absolute atomic E-state index is 0.0582. The predicted octanol–water partition coefficient (Wildman–Crippen LogP) is 4.68. The van der Waals surface area contributed by atoms with Gasteiger partial charge in [-0.3, -0.25) is 4.79 Å². The Morgan fingerprint density at radius 3 is 2.88 bits per heavy atom. The number of hydrogen-bond acceptors (Lipinski definition) is 4. The predicted molar refractivity (Wildman–Crippen MR) is 99.4 cm³/mol. The quantitative estimate of drug-likeness (QED) is 0.783. The largest absolute Gasteiger partial charge is 0.337 e. The third-order valence-corrected chi connectivity index (χ3v) is 5.82. The fourth-order valence-electron chi connectivity index (χ4n) is 4.36. The average Bonchev–Trinajstić information content (AvgIpc) is 3.40. The van der Waals surface area contributed by atoms with Crippen LogP contribution in [0.25, 0.3) is 11.4 Å². The van der Waals surface area contributed by atoms with Gasteiger partial charge in [-0.25, -0.2) is 0 Å². The molecule has 1 aliphatic heterocycles. The van der Waals surface area contributed by atoms with Gasteiger partial charge in [0, 0.05) is 18.5 Å². The first-order valence-electron chi connectivity index (χ1n) is 9.91. The number of carbonyl (C=O) groups excluding carboxylic acids is 1. The molecular weight excluding hydrogens is 326 g/mol. The maximum Gasteiger partial charge on any atom is 0.249 e. The molecule has 2 aliphatic rings. The second kappa shape index (κ2) is 7.60. The monoisotopic (exact) mass is 353 g/mol. The van der Waals surface area contributed by atoms with Crippen LogP contribution in [0.5, 0.6) is 0 Å². The summed E-state index contributed by atoms with van der Waals surface area (Å²) in [6.45, 7) is 2.85. The maximum atomic E-state index is 12.7. The highest BCUT2D eigenvalue weighted by Crippen LogP contribution is 2.34. The van der Waals surface area contributed by atoms with E-state index in [-0.39, 0.29) is 11.9 Å². The number of likely N-dealkylation sites (tertiary alicyclic amines) is 1. The molecule has 5 heteroatoms. The number of nitrogens with zero attached hydrogens (tertiary/aromatic N) is 3. The first kappa shape index (κ1) is 17.3. The average molecular weight is 353 g/mol. The second-order valence-electron chi connectivity index (χ2n) is 7.76. The zero-order valence-electron chi connectivity index (χ0n) is 15.5. The highest BCUT2D eigenvalue weighted by atomic mass is 16.5. The lowest BCUT2D eigenvalue weighted by Gasteiger charge is -2.22. The molecule has 0 bridgehead atoms. The van der Waals surface area contributed by atoms with Gasteiger partial charge in [-0.15, -0.1) is 0 Å². The number of benzene rings is 1. The van der Waals surface area contributed by atoms with E-state index in [1.54, 1.807) is 0 Å². The smallest absolute Gasteiger partial charge is 0.249 e. The van der Waals surface area contributed by atoms with Crippen molar-refractivity contribution < 1.29 is 9.32 Å². The Kier molecular flexibility index (Phi) is 5.05. The molecule has 138 valence electrons. The van der Waals surface area contributed by atoms with Gasteiger partial charge in [-0.2, -0.15) is 4.98 Å². The van der Waals surface area contributed by atoms with E-state index in [9.17, 15) is 4.79 Å². The molecular formula is C21H27N3O2. The molecule has 4 rings (SSSR count). The van der Waals surface area contributed by atoms with Crippen molar-refractivity contribution >= 4 is 5.91 Å². The van der Waals surface area contributed by atoms with Crippen LogP contribution >= 0.6 is 0 Å². The first-order chi connectivity index (χ1) is 12.7. The normalized spacial score (nSPS) is 20.8. The number of hydrogen-bond donors (Lipinski definition) is 0. The summed E-state index contributed by atoms with van der Waals surface area (Å²) in [5.41, 5.74) is 2.12. The van der Waals surface area contributed by atoms with Crippen molar-refractivity contribution in [3.63, 3.8) is 0 Å². The summed E-state index contributed by atoms with van der Waals surface area (Å²) in [6.07, 6.45) is 8.83. The lowest BCUT2D eigenvalue weighted by molar-refractivity contribution is -0.132. The van der Waals surface area contributed by atoms with Crippen molar-refractivity contribution in [1.82, 2.24) is 15.0 Å². The number of aryl methyl sites for hydroxylation is 1. The summed E-state index contributed by atoms with van der Waals surface area (Å²) in [7, 11) is 0. The molecule has 1 atom stereocenters. The third kappa shape index (κ3) is 3.67. The van der Waals surface area contributed by atoms with Gasteiger partial charge in [-0.1, -0.05) is 54.6 Å². The van der Waals surface area contributed by atoms with E-state index >= 15 is 0 Å². The summed E-state index contributed by atoms with van der Waals surface area (Å²) in [5.74, 6) is 2.17. The van der Waals surface area contributed by atoms with Gasteiger partial charge >= 0.3 is 0 Å². The van der Waals surface area contributed by atoms with Crippen molar-refractivity contribution in [2.75, 3.05) is 6.54 Å². The van der Waals surface area contributed by atoms with Gasteiger partial charge in [0.05, 0.1) is 0 Å². The van der Waals surface area contributed by atoms with Gasteiger partial charge in [0.1, 0.15) is 6.04 Å². The van der Waals surface area contributed by atoms with E-state index in [4.69, 9.17) is 4.52 Å². The lowest BCUT2D eigenvalue weighted by atomic mass is 10.0. The Labute approximate surface area is 154 Å². The van der Waals surface area contributed by atoms with Crippen LogP contribution in [0.15, 0.2) is 28.8 Å². The highest BCUT2D eigenvalue weighted by Gasteiger charge is 2.34. The molecule has 1 unspecified atom stereocenters. The number of amides is 1. The van der Waals surface area contributed by atoms with Gasteiger partial charge in [0.25, 0.3) is 0 Å². The van der Waals surface area contributed by atoms with Crippen LogP contribution in [-0.2, 0) is 4.79 Å². The van der Waals surface area contributed by atoms with Crippen molar-refractivity contribution in [1.29, 1.82) is 0 Å². The van der Waals surface area contributed by atoms with E-state index in [2.05, 4.69) is 10.1 Å². The van der Waals surface area contributed by atoms with Crippen LogP contribution in [0.2, 0.25) is 0 Å². The summed E-state index contributed by atoms with van der Waals surface area (Å²) in [6, 6.07) is 8.02. The van der Waals surface area contributed by atoms with Crippen LogP contribution in [0.4, 0.5) is 0 Å². The molecule has 0 radical (unpaired) electrons. The number of carbonyl (C=O) groups is 1. The minimum atomic E-state index is -0.0582. The highest BCUT2D eigenvalue weighted by molar-refractivity contribution is 5.77. The second-order valence-corrected chi connectivity index (χ2v) is 7.76. The van der Waals surface area contributed by atoms with E-state index < -0.39 is 0 Å². The number of aromatic nitrogens is 2. The number of rotatable bonds is 5. The molecule has 1 saturated heterocycles. The zero-order valence-corrected chi connectivity index (χ0v) is 15.5. The lowest BCUT2D eigenvalue weighted by Crippen LogP contribution is -2.30. The summed E-state index contributed by atoms with van der Waals surface area (Å²) >= 11 is 0. The van der Waals surface area contributed by atoms with E-state index in [0.717, 1.165) is 37.3 Å². The molecule has 0 N–H and O–H groups in total. The van der Waals surface area contributed by atoms with Gasteiger partial charge in [0.15, 0.2) is 0 Å². The van der Waals surface area contributed by atoms with Gasteiger partial charge in [-0.05, 0) is 38.2 Å². The Bertz CT molecular complexity index is 764. The van der Waals surface area contributed by atoms with Crippen molar-refractivity contribution in [2.24, 2.45) is 5.92 Å². The molecule has 1 saturated carbocycles. The van der Waals surface area contributed by atoms with E-state index in [1.165, 1.54) is 31.2 Å². The Hall–Kier alpha value is -2.17. The maximum absolute atomic E-state index is 12.7. The van der Waals surface area contributed by atoms with Crippen LogP contribution in [0.3, 0.4) is 0 Å². The molecule has 2 heterocycles. The van der Waals surface area contributed by atoms with Crippen LogP contribution in [-0.4, -0.2) is 27.5 Å². The zero-order chi connectivity index (χ0) is 17.9. The fraction of sp³-hybridized carbons (Fsp3) is 0.571. The molecule has 0 spiro atoms. The summed E-state index contributed by atoms with van der Waals surface area (Å²) < 4.78 is 5.55. The van der Waals surface area contributed by atoms with Crippen LogP contribution in [0.1, 0.15) is 68.9 Å². The van der Waals surface area contributed by atoms with Crippen molar-refractivity contribution in [3.05, 3.63) is 35.7 Å². The topological polar surface area (TPSA) is 59.2 Å². The minimum Gasteiger partial charge on any atom is -0.337 e. The SMILES string of the molecule is Cc1cccc(-c2noc(C3CCCN3C(=O)CCC3CCCC3)n2)c1. The molecule has 2 aromatic rings. The van der Waals surface area contributed by atoms with Crippen molar-refractivity contribution in [3.8, 4) is 11.4 Å². The van der Waals surface area contributed by atoms with Crippen LogP contribution < -0.4 is 0 Å². The molecule has 1 aliphatic carbocycles. The Balaban J connectivity index is 1.43. The fourth-order valence-corrected chi connectivity index (χ4v) is 4.36. The summed E-state index contributed by atoms with van der Waals surface area (Å²) in [4.78, 5) is 19.3. The molecule has 2 fully saturated rings. The first-order valence-corrected chi connectivity index (χ1v) is 9.91. The van der Waals surface area contributed by atoms with E-state index in [1.807, 2.05) is 36.1 Å². The Morgan fingerprint density at radius 2 is 2.08 bits per heavy atom. The van der Waals surface area contributed by atoms with Gasteiger partial charge < -0.3 is 9.42 Å². The molecule has 26 heavy (non-hydrogen) atoms. The van der Waals surface area contributed by atoms with Crippen LogP contribution in [0, 0.1) is 12.8 Å². The molecule has 1 amide bonds. The van der Waals surface area contributed by atoms with Gasteiger partial charge in [0.2, 0.25) is 17.6 Å².